The number of halogens is 2. The number of aromatic nitrogens is 2. The lowest BCUT2D eigenvalue weighted by molar-refractivity contribution is -0.145. The minimum absolute atomic E-state index is 0.0807. The normalized spacial score (nSPS) is 12.8. The van der Waals surface area contributed by atoms with Gasteiger partial charge in [-0.2, -0.15) is 8.78 Å². The number of imidazole rings is 1. The molecule has 0 aromatic carbocycles. The van der Waals surface area contributed by atoms with Crippen molar-refractivity contribution in [3.05, 3.63) is 18.2 Å². The molecule has 0 aliphatic heterocycles. The van der Waals surface area contributed by atoms with Crippen LogP contribution in [0.4, 0.5) is 8.78 Å². The number of esters is 1. The Morgan fingerprint density at radius 1 is 1.65 bits per heavy atom. The summed E-state index contributed by atoms with van der Waals surface area (Å²) in [5.74, 6) is -0.237. The average molecular weight is 247 g/mol. The fraction of sp³-hybridized carbons (Fsp3) is 0.600. The van der Waals surface area contributed by atoms with E-state index in [-0.39, 0.29) is 19.0 Å². The molecule has 1 N–H and O–H groups in total. The lowest BCUT2D eigenvalue weighted by atomic mass is 10.3. The summed E-state index contributed by atoms with van der Waals surface area (Å²) in [7, 11) is 0. The van der Waals surface area contributed by atoms with Crippen molar-refractivity contribution in [2.24, 2.45) is 0 Å². The van der Waals surface area contributed by atoms with Gasteiger partial charge in [0.2, 0.25) is 0 Å². The van der Waals surface area contributed by atoms with E-state index >= 15 is 0 Å². The highest BCUT2D eigenvalue weighted by Gasteiger charge is 2.16. The zero-order valence-electron chi connectivity index (χ0n) is 9.69. The highest BCUT2D eigenvalue weighted by Crippen LogP contribution is 2.12. The Kier molecular flexibility index (Phi) is 5.02. The van der Waals surface area contributed by atoms with Gasteiger partial charge in [0.15, 0.2) is 0 Å². The van der Waals surface area contributed by atoms with Gasteiger partial charge in [0.05, 0.1) is 13.2 Å². The number of hydrogen-bond acceptors (Lipinski definition) is 4. The highest BCUT2D eigenvalue weighted by molar-refractivity contribution is 5.75. The molecule has 0 radical (unpaired) electrons. The van der Waals surface area contributed by atoms with Crippen molar-refractivity contribution < 1.29 is 18.3 Å². The molecule has 17 heavy (non-hydrogen) atoms. The lowest BCUT2D eigenvalue weighted by Gasteiger charge is -2.13. The standard InChI is InChI=1S/C10H15F2N3O2/c1-3-17-9(16)7(2)14-6-8-13-4-5-15(8)10(11)12/h4-5,7,10,14H,3,6H2,1-2H3. The molecule has 0 aliphatic carbocycles. The molecule has 1 heterocycles. The minimum atomic E-state index is -2.63. The first-order valence-electron chi connectivity index (χ1n) is 5.26. The predicted octanol–water partition coefficient (Wildman–Crippen LogP) is 1.32. The number of alkyl halides is 2. The second-order valence-electron chi connectivity index (χ2n) is 3.38. The van der Waals surface area contributed by atoms with E-state index in [1.165, 1.54) is 12.4 Å². The molecule has 0 bridgehead atoms. The molecule has 5 nitrogen and oxygen atoms in total. The van der Waals surface area contributed by atoms with Crippen molar-refractivity contribution in [1.29, 1.82) is 0 Å². The molecule has 0 fully saturated rings. The summed E-state index contributed by atoms with van der Waals surface area (Å²) < 4.78 is 30.5. The Balaban J connectivity index is 2.50. The zero-order chi connectivity index (χ0) is 12.8. The number of hydrogen-bond donors (Lipinski definition) is 1. The minimum Gasteiger partial charge on any atom is -0.465 e. The molecule has 0 aliphatic rings. The molecular formula is C10H15F2N3O2. The Bertz CT molecular complexity index is 368. The van der Waals surface area contributed by atoms with Gasteiger partial charge >= 0.3 is 12.5 Å². The van der Waals surface area contributed by atoms with E-state index < -0.39 is 18.6 Å². The van der Waals surface area contributed by atoms with E-state index in [9.17, 15) is 13.6 Å². The topological polar surface area (TPSA) is 56.1 Å². The smallest absolute Gasteiger partial charge is 0.322 e. The number of rotatable bonds is 6. The molecule has 0 spiro atoms. The van der Waals surface area contributed by atoms with Crippen LogP contribution in [0.15, 0.2) is 12.4 Å². The van der Waals surface area contributed by atoms with Crippen LogP contribution >= 0.6 is 0 Å². The van der Waals surface area contributed by atoms with Gasteiger partial charge in [-0.3, -0.25) is 14.7 Å². The van der Waals surface area contributed by atoms with Gasteiger partial charge < -0.3 is 4.74 Å². The predicted molar refractivity (Wildman–Crippen MR) is 56.4 cm³/mol. The summed E-state index contributed by atoms with van der Waals surface area (Å²) in [6.07, 6.45) is 2.48. The number of carbonyl (C=O) groups is 1. The van der Waals surface area contributed by atoms with Crippen LogP contribution in [0.25, 0.3) is 0 Å². The van der Waals surface area contributed by atoms with Crippen LogP contribution in [0.2, 0.25) is 0 Å². The van der Waals surface area contributed by atoms with Gasteiger partial charge in [-0.05, 0) is 13.8 Å². The van der Waals surface area contributed by atoms with Crippen LogP contribution in [-0.4, -0.2) is 28.2 Å². The molecule has 0 amide bonds. The third kappa shape index (κ3) is 3.77. The van der Waals surface area contributed by atoms with Crippen molar-refractivity contribution in [3.8, 4) is 0 Å². The van der Waals surface area contributed by atoms with Crippen LogP contribution in [0.5, 0.6) is 0 Å². The summed E-state index contributed by atoms with van der Waals surface area (Å²) in [4.78, 5) is 15.0. The summed E-state index contributed by atoms with van der Waals surface area (Å²) in [6, 6.07) is -0.558. The monoisotopic (exact) mass is 247 g/mol. The third-order valence-corrected chi connectivity index (χ3v) is 2.17. The van der Waals surface area contributed by atoms with E-state index in [1.807, 2.05) is 0 Å². The maximum absolute atomic E-state index is 12.5. The van der Waals surface area contributed by atoms with Gasteiger partial charge in [-0.25, -0.2) is 4.98 Å². The number of nitrogens with zero attached hydrogens (tertiary/aromatic N) is 2. The average Bonchev–Trinajstić information content (AvgIpc) is 2.74. The Labute approximate surface area is 97.8 Å². The molecule has 1 aromatic rings. The Morgan fingerprint density at radius 3 is 2.94 bits per heavy atom. The van der Waals surface area contributed by atoms with Gasteiger partial charge in [-0.1, -0.05) is 0 Å². The van der Waals surface area contributed by atoms with Gasteiger partial charge in [0.25, 0.3) is 0 Å². The maximum atomic E-state index is 12.5. The Morgan fingerprint density at radius 2 is 2.35 bits per heavy atom. The summed E-state index contributed by atoms with van der Waals surface area (Å²) in [5, 5.41) is 2.77. The maximum Gasteiger partial charge on any atom is 0.322 e. The van der Waals surface area contributed by atoms with Crippen LogP contribution < -0.4 is 5.32 Å². The molecule has 1 rings (SSSR count). The van der Waals surface area contributed by atoms with Crippen LogP contribution in [0.1, 0.15) is 26.2 Å². The molecule has 1 atom stereocenters. The SMILES string of the molecule is CCOC(=O)C(C)NCc1nccn1C(F)F. The zero-order valence-corrected chi connectivity index (χ0v) is 9.69. The molecule has 96 valence electrons. The van der Waals surface area contributed by atoms with E-state index in [1.54, 1.807) is 13.8 Å². The summed E-state index contributed by atoms with van der Waals surface area (Å²) in [6.45, 7) is 1.04. The Hall–Kier alpha value is -1.50. The van der Waals surface area contributed by atoms with Gasteiger partial charge in [0, 0.05) is 12.4 Å². The highest BCUT2D eigenvalue weighted by atomic mass is 19.3. The van der Waals surface area contributed by atoms with Crippen molar-refractivity contribution in [2.75, 3.05) is 6.61 Å². The molecular weight excluding hydrogens is 232 g/mol. The lowest BCUT2D eigenvalue weighted by Crippen LogP contribution is -2.35. The van der Waals surface area contributed by atoms with Gasteiger partial charge in [0.1, 0.15) is 11.9 Å². The van der Waals surface area contributed by atoms with E-state index in [2.05, 4.69) is 10.3 Å². The first-order chi connectivity index (χ1) is 8.06. The first kappa shape index (κ1) is 13.6. The van der Waals surface area contributed by atoms with E-state index in [0.29, 0.717) is 0 Å². The van der Waals surface area contributed by atoms with Crippen LogP contribution in [0.3, 0.4) is 0 Å². The quantitative estimate of drug-likeness (QED) is 0.770. The second kappa shape index (κ2) is 6.29. The number of carbonyl (C=O) groups excluding carboxylic acids is 1. The number of ether oxygens (including phenoxy) is 1. The fourth-order valence-electron chi connectivity index (χ4n) is 1.25. The fourth-order valence-corrected chi connectivity index (χ4v) is 1.25. The van der Waals surface area contributed by atoms with Crippen LogP contribution in [-0.2, 0) is 16.1 Å². The van der Waals surface area contributed by atoms with Crippen molar-refractivity contribution in [1.82, 2.24) is 14.9 Å². The molecule has 1 aromatic heterocycles. The molecule has 0 saturated heterocycles. The first-order valence-corrected chi connectivity index (χ1v) is 5.26. The van der Waals surface area contributed by atoms with E-state index in [0.717, 1.165) is 4.57 Å². The van der Waals surface area contributed by atoms with Crippen molar-refractivity contribution >= 4 is 5.97 Å². The molecule has 0 saturated carbocycles. The largest absolute Gasteiger partial charge is 0.465 e. The number of nitrogens with one attached hydrogen (secondary N) is 1. The summed E-state index contributed by atoms with van der Waals surface area (Å²) in [5.41, 5.74) is 0. The van der Waals surface area contributed by atoms with Crippen LogP contribution in [0, 0.1) is 0 Å². The van der Waals surface area contributed by atoms with E-state index in [4.69, 9.17) is 4.74 Å². The van der Waals surface area contributed by atoms with Crippen molar-refractivity contribution in [2.45, 2.75) is 33.0 Å². The second-order valence-corrected chi connectivity index (χ2v) is 3.38. The van der Waals surface area contributed by atoms with Crippen molar-refractivity contribution in [3.63, 3.8) is 0 Å². The molecule has 1 unspecified atom stereocenters. The summed E-state index contributed by atoms with van der Waals surface area (Å²) >= 11 is 0. The van der Waals surface area contributed by atoms with Gasteiger partial charge in [-0.15, -0.1) is 0 Å². The molecule has 7 heteroatoms. The third-order valence-electron chi connectivity index (χ3n) is 2.17.